The van der Waals surface area contributed by atoms with Gasteiger partial charge in [-0.2, -0.15) is 9.51 Å². The Labute approximate surface area is 250 Å². The molecule has 0 unspecified atom stereocenters. The molecule has 16 heteroatoms. The molecule has 0 bridgehead atoms. The highest BCUT2D eigenvalue weighted by Gasteiger charge is 2.45. The molecule has 4 heterocycles. The number of hydrogen-bond acceptors (Lipinski definition) is 9. The molecular formula is C27H27N7O7S2. The minimum Gasteiger partial charge on any atom is -0.364 e. The molecule has 2 saturated heterocycles. The van der Waals surface area contributed by atoms with Crippen LogP contribution in [-0.2, 0) is 35.6 Å². The van der Waals surface area contributed by atoms with E-state index in [1.807, 2.05) is 0 Å². The van der Waals surface area contributed by atoms with Crippen molar-refractivity contribution in [2.24, 2.45) is 0 Å². The molecule has 2 aromatic heterocycles. The number of rotatable bonds is 10. The Morgan fingerprint density at radius 1 is 1.16 bits per heavy atom. The predicted molar refractivity (Wildman–Crippen MR) is 152 cm³/mol. The fourth-order valence-corrected chi connectivity index (χ4v) is 7.56. The van der Waals surface area contributed by atoms with Gasteiger partial charge in [0, 0.05) is 25.5 Å². The maximum absolute atomic E-state index is 13.8. The van der Waals surface area contributed by atoms with E-state index in [1.165, 1.54) is 17.3 Å². The fourth-order valence-electron chi connectivity index (χ4n) is 5.06. The number of nitrogens with one attached hydrogen (secondary N) is 2. The monoisotopic (exact) mass is 625 g/mol. The van der Waals surface area contributed by atoms with Gasteiger partial charge >= 0.3 is 6.21 Å². The van der Waals surface area contributed by atoms with E-state index in [-0.39, 0.29) is 36.4 Å². The van der Waals surface area contributed by atoms with Gasteiger partial charge in [-0.05, 0) is 37.0 Å². The lowest BCUT2D eigenvalue weighted by Crippen LogP contribution is -2.64. The van der Waals surface area contributed by atoms with Crippen LogP contribution in [0.5, 0.6) is 0 Å². The van der Waals surface area contributed by atoms with Gasteiger partial charge in [-0.3, -0.25) is 24.2 Å². The molecule has 0 radical (unpaired) electrons. The first kappa shape index (κ1) is 30.0. The Morgan fingerprint density at radius 3 is 2.67 bits per heavy atom. The average Bonchev–Trinajstić information content (AvgIpc) is 3.70. The standard InChI is InChI=1S/C27H27N7O7S2/c28-29-16-22(35)20(15-17-5-2-1-3-6-17)30-26(37)21-7-4-13-33-24(36)10-8-19(27(38)34(21)33)32-43(39,40)25-11-9-23(42-25)18-12-14-41-31-18/h1-3,5-6,9,11-12,14,16,19-21,32H,4,7-8,10,13,15H2,(H,30,37)/t19-,20-,21-/m0/s1. The quantitative estimate of drug-likeness (QED) is 0.190. The van der Waals surface area contributed by atoms with Crippen molar-refractivity contribution < 1.29 is 36.9 Å². The first-order valence-corrected chi connectivity index (χ1v) is 15.7. The molecule has 2 aliphatic heterocycles. The Bertz CT molecular complexity index is 1670. The lowest BCUT2D eigenvalue weighted by Gasteiger charge is -2.43. The van der Waals surface area contributed by atoms with E-state index in [9.17, 15) is 27.6 Å². The normalized spacial score (nSPS) is 19.6. The third-order valence-electron chi connectivity index (χ3n) is 7.13. The fraction of sp³-hybridized carbons (Fsp3) is 0.333. The molecule has 2 aliphatic rings. The van der Waals surface area contributed by atoms with Gasteiger partial charge in [0.1, 0.15) is 34.3 Å². The number of thiophene rings is 1. The van der Waals surface area contributed by atoms with Crippen molar-refractivity contribution in [2.75, 3.05) is 6.54 Å². The zero-order valence-electron chi connectivity index (χ0n) is 22.7. The summed E-state index contributed by atoms with van der Waals surface area (Å²) in [5.41, 5.74) is 10.1. The van der Waals surface area contributed by atoms with Crippen LogP contribution >= 0.6 is 11.3 Å². The number of carbonyl (C=O) groups is 4. The number of fused-ring (bicyclic) bond motifs is 1. The summed E-state index contributed by atoms with van der Waals surface area (Å²) < 4.78 is 33.8. The van der Waals surface area contributed by atoms with Crippen molar-refractivity contribution in [3.05, 3.63) is 65.9 Å². The Balaban J connectivity index is 1.37. The highest BCUT2D eigenvalue weighted by molar-refractivity contribution is 7.91. The van der Waals surface area contributed by atoms with E-state index in [0.717, 1.165) is 21.9 Å². The van der Waals surface area contributed by atoms with E-state index in [2.05, 4.69) is 20.0 Å². The predicted octanol–water partition coefficient (Wildman–Crippen LogP) is 1.18. The summed E-state index contributed by atoms with van der Waals surface area (Å²) in [4.78, 5) is 56.5. The van der Waals surface area contributed by atoms with Crippen LogP contribution in [0.1, 0.15) is 31.2 Å². The number of nitrogens with zero attached hydrogens (tertiary/aromatic N) is 5. The third-order valence-corrected chi connectivity index (χ3v) is 10.2. The van der Waals surface area contributed by atoms with Gasteiger partial charge in [-0.15, -0.1) is 11.3 Å². The average molecular weight is 626 g/mol. The van der Waals surface area contributed by atoms with Gasteiger partial charge in [-0.25, -0.2) is 13.4 Å². The van der Waals surface area contributed by atoms with Crippen LogP contribution in [0.2, 0.25) is 0 Å². The summed E-state index contributed by atoms with van der Waals surface area (Å²) in [6.45, 7) is 0.170. The van der Waals surface area contributed by atoms with Crippen LogP contribution in [-0.4, -0.2) is 82.8 Å². The maximum atomic E-state index is 13.8. The smallest absolute Gasteiger partial charge is 0.325 e. The van der Waals surface area contributed by atoms with Crippen molar-refractivity contribution >= 4 is 51.1 Å². The van der Waals surface area contributed by atoms with Gasteiger partial charge in [-0.1, -0.05) is 35.5 Å². The van der Waals surface area contributed by atoms with E-state index >= 15 is 0 Å². The summed E-state index contributed by atoms with van der Waals surface area (Å²) in [6, 6.07) is 9.77. The summed E-state index contributed by atoms with van der Waals surface area (Å²) in [5, 5.41) is 8.64. The number of hydrogen-bond donors (Lipinski definition) is 2. The molecule has 5 rings (SSSR count). The molecule has 3 atom stereocenters. The summed E-state index contributed by atoms with van der Waals surface area (Å²) >= 11 is 0.936. The molecule has 0 spiro atoms. The van der Waals surface area contributed by atoms with Gasteiger partial charge in [0.05, 0.1) is 4.88 Å². The first-order valence-electron chi connectivity index (χ1n) is 13.4. The SMILES string of the molecule is [N-]=[N+]=CC(=O)[C@H](Cc1ccccc1)NC(=O)[C@@H]1CCCN2C(=O)CC[C@H](NS(=O)(=O)c3ccc(-c4ccon4)s3)C(=O)N12. The second kappa shape index (κ2) is 12.8. The van der Waals surface area contributed by atoms with Crippen LogP contribution in [0.4, 0.5) is 0 Å². The number of ketones is 1. The molecule has 0 saturated carbocycles. The number of aromatic nitrogens is 1. The number of Topliss-reactive ketones (excluding diaryl/α,β-unsaturated/α-hetero) is 1. The van der Waals surface area contributed by atoms with Crippen LogP contribution < -0.4 is 10.0 Å². The molecule has 2 N–H and O–H groups in total. The number of amides is 3. The Kier molecular flexibility index (Phi) is 8.92. The van der Waals surface area contributed by atoms with Gasteiger partial charge in [0.15, 0.2) is 0 Å². The third kappa shape index (κ3) is 6.62. The molecule has 1 aromatic carbocycles. The molecule has 14 nitrogen and oxygen atoms in total. The highest BCUT2D eigenvalue weighted by Crippen LogP contribution is 2.31. The minimum absolute atomic E-state index is 0.0634. The zero-order chi connectivity index (χ0) is 30.6. The molecule has 0 aliphatic carbocycles. The molecule has 2 fully saturated rings. The summed E-state index contributed by atoms with van der Waals surface area (Å²) in [7, 11) is -4.19. The minimum atomic E-state index is -4.19. The van der Waals surface area contributed by atoms with Crippen LogP contribution in [0.15, 0.2) is 63.5 Å². The van der Waals surface area contributed by atoms with E-state index in [0.29, 0.717) is 23.2 Å². The van der Waals surface area contributed by atoms with Gasteiger partial charge in [0.2, 0.25) is 11.8 Å². The van der Waals surface area contributed by atoms with Gasteiger partial charge in [0.25, 0.3) is 21.7 Å². The number of carbonyl (C=O) groups excluding carboxylic acids is 4. The van der Waals surface area contributed by atoms with E-state index in [1.54, 1.807) is 42.5 Å². The van der Waals surface area contributed by atoms with Crippen LogP contribution in [0.3, 0.4) is 0 Å². The Morgan fingerprint density at radius 2 is 1.95 bits per heavy atom. The summed E-state index contributed by atoms with van der Waals surface area (Å²) in [5.74, 6) is -2.56. The first-order chi connectivity index (χ1) is 20.7. The lowest BCUT2D eigenvalue weighted by atomic mass is 10.0. The highest BCUT2D eigenvalue weighted by atomic mass is 32.2. The molecule has 3 amide bonds. The van der Waals surface area contributed by atoms with Crippen molar-refractivity contribution in [1.29, 1.82) is 0 Å². The van der Waals surface area contributed by atoms with Crippen molar-refractivity contribution in [3.63, 3.8) is 0 Å². The molecular weight excluding hydrogens is 598 g/mol. The van der Waals surface area contributed by atoms with Crippen molar-refractivity contribution in [1.82, 2.24) is 25.2 Å². The largest absolute Gasteiger partial charge is 0.364 e. The number of benzene rings is 1. The van der Waals surface area contributed by atoms with Gasteiger partial charge < -0.3 is 15.4 Å². The maximum Gasteiger partial charge on any atom is 0.325 e. The second-order valence-corrected chi connectivity index (χ2v) is 13.0. The molecule has 224 valence electrons. The van der Waals surface area contributed by atoms with Crippen molar-refractivity contribution in [3.8, 4) is 10.6 Å². The number of sulfonamides is 1. The zero-order valence-corrected chi connectivity index (χ0v) is 24.3. The van der Waals surface area contributed by atoms with Crippen molar-refractivity contribution in [2.45, 2.75) is 54.4 Å². The molecule has 3 aromatic rings. The van der Waals surface area contributed by atoms with Crippen LogP contribution in [0, 0.1) is 0 Å². The lowest BCUT2D eigenvalue weighted by molar-refractivity contribution is -0.176. The van der Waals surface area contributed by atoms with Crippen LogP contribution in [0.25, 0.3) is 16.1 Å². The Hall–Kier alpha value is -4.50. The summed E-state index contributed by atoms with van der Waals surface area (Å²) in [6.07, 6.45) is 2.47. The second-order valence-electron chi connectivity index (χ2n) is 9.97. The van der Waals surface area contributed by atoms with E-state index in [4.69, 9.17) is 10.1 Å². The van der Waals surface area contributed by atoms with E-state index < -0.39 is 51.7 Å². The molecule has 43 heavy (non-hydrogen) atoms. The topological polar surface area (TPSA) is 195 Å². The number of hydrazine groups is 1.